The van der Waals surface area contributed by atoms with Gasteiger partial charge in [0.15, 0.2) is 12.6 Å². The summed E-state index contributed by atoms with van der Waals surface area (Å²) in [5.41, 5.74) is 15.7. The van der Waals surface area contributed by atoms with E-state index in [-0.39, 0.29) is 25.9 Å². The molecule has 2 aliphatic heterocycles. The van der Waals surface area contributed by atoms with Gasteiger partial charge in [-0.1, -0.05) is 5.64 Å². The van der Waals surface area contributed by atoms with Gasteiger partial charge in [-0.3, -0.25) is 10.0 Å². The minimum Gasteiger partial charge on any atom is -0.394 e. The lowest BCUT2D eigenvalue weighted by Crippen LogP contribution is -2.66. The average Bonchev–Trinajstić information content (AvgIpc) is 2.80. The third-order valence-electron chi connectivity index (χ3n) is 6.39. The molecule has 34 heavy (non-hydrogen) atoms. The molecule has 0 bridgehead atoms. The summed E-state index contributed by atoms with van der Waals surface area (Å²) < 4.78 is 22.7. The molecule has 2 saturated heterocycles. The Labute approximate surface area is 195 Å². The van der Waals surface area contributed by atoms with Crippen molar-refractivity contribution in [3.8, 4) is 0 Å². The van der Waals surface area contributed by atoms with Crippen molar-refractivity contribution in [3.63, 3.8) is 0 Å². The van der Waals surface area contributed by atoms with E-state index < -0.39 is 86.1 Å². The zero-order valence-corrected chi connectivity index (χ0v) is 18.4. The molecule has 13 atom stereocenters. The fourth-order valence-electron chi connectivity index (χ4n) is 4.49. The number of hydroxylamine groups is 1. The first-order chi connectivity index (χ1) is 16.2. The lowest BCUT2D eigenvalue weighted by atomic mass is 9.84. The molecule has 1 aliphatic carbocycles. The van der Waals surface area contributed by atoms with E-state index in [0.29, 0.717) is 0 Å². The Morgan fingerprint density at radius 2 is 1.44 bits per heavy atom. The first-order valence-corrected chi connectivity index (χ1v) is 11.1. The maximum Gasteiger partial charge on any atom is 0.184 e. The number of rotatable bonds is 9. The predicted molar refractivity (Wildman–Crippen MR) is 108 cm³/mol. The summed E-state index contributed by atoms with van der Waals surface area (Å²) >= 11 is 0. The summed E-state index contributed by atoms with van der Waals surface area (Å²) in [4.78, 5) is 4.65. The Morgan fingerprint density at radius 3 is 2.09 bits per heavy atom. The van der Waals surface area contributed by atoms with Crippen LogP contribution in [0.15, 0.2) is 0 Å². The number of ether oxygens (including phenoxy) is 4. The van der Waals surface area contributed by atoms with Crippen LogP contribution in [0.5, 0.6) is 0 Å². The van der Waals surface area contributed by atoms with Crippen molar-refractivity contribution >= 4 is 0 Å². The van der Waals surface area contributed by atoms with Gasteiger partial charge in [0.05, 0.1) is 37.5 Å². The molecule has 16 nitrogen and oxygen atoms in total. The highest BCUT2D eigenvalue weighted by Crippen LogP contribution is 2.31. The third-order valence-corrected chi connectivity index (χ3v) is 6.39. The third kappa shape index (κ3) is 6.37. The molecule has 1 saturated carbocycles. The number of aliphatic hydroxyl groups is 5. The molecule has 3 fully saturated rings. The first kappa shape index (κ1) is 27.9. The molecule has 3 aliphatic rings. The molecule has 2 heterocycles. The molecular formula is C18H36N4O12. The van der Waals surface area contributed by atoms with Gasteiger partial charge in [-0.05, 0) is 12.8 Å². The fourth-order valence-corrected chi connectivity index (χ4v) is 4.49. The zero-order chi connectivity index (χ0) is 25.0. The van der Waals surface area contributed by atoms with Crippen LogP contribution >= 0.6 is 0 Å². The Morgan fingerprint density at radius 1 is 0.794 bits per heavy atom. The summed E-state index contributed by atoms with van der Waals surface area (Å²) in [5.74, 6) is 0. The quantitative estimate of drug-likeness (QED) is 0.132. The average molecular weight is 501 g/mol. The second-order valence-corrected chi connectivity index (χ2v) is 8.84. The van der Waals surface area contributed by atoms with E-state index in [1.807, 2.05) is 5.48 Å². The Bertz CT molecular complexity index is 625. The highest BCUT2D eigenvalue weighted by atomic mass is 16.8. The van der Waals surface area contributed by atoms with E-state index in [2.05, 4.69) is 4.84 Å². The molecular weight excluding hydrogens is 464 g/mol. The van der Waals surface area contributed by atoms with E-state index in [1.165, 1.54) is 5.64 Å². The van der Waals surface area contributed by atoms with Crippen molar-refractivity contribution in [2.24, 2.45) is 11.5 Å². The number of hydrogen-bond donors (Lipinski definition) is 11. The molecule has 0 aromatic carbocycles. The molecule has 16 heteroatoms. The first-order valence-electron chi connectivity index (χ1n) is 11.1. The van der Waals surface area contributed by atoms with E-state index in [1.54, 1.807) is 0 Å². The summed E-state index contributed by atoms with van der Waals surface area (Å²) in [6.07, 6.45) is -11.4. The van der Waals surface area contributed by atoms with Gasteiger partial charge in [0.1, 0.15) is 36.6 Å². The molecule has 0 radical (unpaired) electrons. The van der Waals surface area contributed by atoms with Crippen LogP contribution in [0, 0.1) is 0 Å². The Kier molecular flexibility index (Phi) is 10.3. The van der Waals surface area contributed by atoms with Crippen LogP contribution < -0.4 is 22.6 Å². The van der Waals surface area contributed by atoms with Gasteiger partial charge in [-0.15, -0.1) is 0 Å². The van der Waals surface area contributed by atoms with Gasteiger partial charge in [-0.2, -0.15) is 5.48 Å². The summed E-state index contributed by atoms with van der Waals surface area (Å²) in [7, 11) is 0. The fraction of sp³-hybridized carbons (Fsp3) is 1.00. The van der Waals surface area contributed by atoms with E-state index in [4.69, 9.17) is 35.6 Å². The van der Waals surface area contributed by atoms with Crippen LogP contribution in [-0.4, -0.2) is 129 Å². The monoisotopic (exact) mass is 500 g/mol. The summed E-state index contributed by atoms with van der Waals surface area (Å²) in [5, 5.41) is 68.9. The van der Waals surface area contributed by atoms with Crippen LogP contribution in [-0.2, 0) is 23.8 Å². The molecule has 0 aromatic heterocycles. The SMILES string of the molecule is N[C@@H]1C[C@H](O)[C@@H](CONO)O[C@@H]1OC1[C@@H](N)C[C@@H](NO)[C@H](O[C@H]2O[C@H](CO)[C@@H](O)C[C@H]2O)[C@H]1O. The van der Waals surface area contributed by atoms with Crippen molar-refractivity contribution in [1.29, 1.82) is 0 Å². The van der Waals surface area contributed by atoms with Crippen LogP contribution in [0.4, 0.5) is 0 Å². The van der Waals surface area contributed by atoms with Crippen LogP contribution in [0.3, 0.4) is 0 Å². The lowest BCUT2D eigenvalue weighted by molar-refractivity contribution is -0.318. The van der Waals surface area contributed by atoms with Crippen LogP contribution in [0.2, 0.25) is 0 Å². The molecule has 3 rings (SSSR count). The summed E-state index contributed by atoms with van der Waals surface area (Å²) in [6, 6.07) is -2.46. The molecule has 200 valence electrons. The normalized spacial score (nSPS) is 48.1. The second-order valence-electron chi connectivity index (χ2n) is 8.84. The minimum absolute atomic E-state index is 0.0727. The Hall–Kier alpha value is -0.640. The molecule has 0 spiro atoms. The van der Waals surface area contributed by atoms with Crippen LogP contribution in [0.1, 0.15) is 19.3 Å². The molecule has 0 amide bonds. The standard InChI is InChI=1S/C18H36N4O12/c19-6-1-8(21-28)16(34-18-11(26)3-10(25)12(4-23)31-18)14(27)15(6)33-17-7(20)2-9(24)13(32-17)5-30-22-29/h6-18,21-29H,1-5,19-20H2/t6-,7+,8+,9-,10-,11+,12+,13+,14-,15?,16-,17+,18+/m0/s1. The van der Waals surface area contributed by atoms with Gasteiger partial charge < -0.3 is 61.2 Å². The van der Waals surface area contributed by atoms with Gasteiger partial charge >= 0.3 is 0 Å². The van der Waals surface area contributed by atoms with E-state index in [9.17, 15) is 30.7 Å². The highest BCUT2D eigenvalue weighted by molar-refractivity contribution is 5.00. The number of nitrogens with one attached hydrogen (secondary N) is 2. The lowest BCUT2D eigenvalue weighted by Gasteiger charge is -2.47. The molecule has 13 N–H and O–H groups in total. The maximum atomic E-state index is 11.0. The van der Waals surface area contributed by atoms with Crippen molar-refractivity contribution < 1.29 is 59.7 Å². The van der Waals surface area contributed by atoms with Gasteiger partial charge in [0, 0.05) is 12.5 Å². The van der Waals surface area contributed by atoms with Crippen molar-refractivity contribution in [2.75, 3.05) is 13.2 Å². The van der Waals surface area contributed by atoms with E-state index >= 15 is 0 Å². The topological polar surface area (TPSA) is 264 Å². The number of hydrogen-bond acceptors (Lipinski definition) is 16. The minimum atomic E-state index is -1.46. The van der Waals surface area contributed by atoms with Crippen molar-refractivity contribution in [1.82, 2.24) is 11.1 Å². The van der Waals surface area contributed by atoms with Crippen LogP contribution in [0.25, 0.3) is 0 Å². The predicted octanol–water partition coefficient (Wildman–Crippen LogP) is -5.26. The number of aliphatic hydroxyl groups excluding tert-OH is 5. The number of nitrogens with two attached hydrogens (primary N) is 2. The van der Waals surface area contributed by atoms with Gasteiger partial charge in [-0.25, -0.2) is 0 Å². The molecule has 1 unspecified atom stereocenters. The Balaban J connectivity index is 1.70. The second kappa shape index (κ2) is 12.5. The molecule has 0 aromatic rings. The van der Waals surface area contributed by atoms with Gasteiger partial charge in [0.25, 0.3) is 0 Å². The highest BCUT2D eigenvalue weighted by Gasteiger charge is 2.49. The summed E-state index contributed by atoms with van der Waals surface area (Å²) in [6.45, 7) is -0.737. The van der Waals surface area contributed by atoms with Crippen molar-refractivity contribution in [3.05, 3.63) is 0 Å². The zero-order valence-electron chi connectivity index (χ0n) is 18.4. The van der Waals surface area contributed by atoms with E-state index in [0.717, 1.165) is 0 Å². The largest absolute Gasteiger partial charge is 0.394 e. The maximum absolute atomic E-state index is 11.0. The smallest absolute Gasteiger partial charge is 0.184 e. The van der Waals surface area contributed by atoms with Crippen molar-refractivity contribution in [2.45, 2.75) is 98.8 Å². The van der Waals surface area contributed by atoms with Gasteiger partial charge in [0.2, 0.25) is 0 Å².